The molecule has 9 nitrogen and oxygen atoms in total. The zero-order valence-corrected chi connectivity index (χ0v) is 21.8. The molecule has 0 saturated heterocycles. The Bertz CT molecular complexity index is 1500. The molecular formula is C23H28FN3O6S2. The number of nitrogens with one attached hydrogen (secondary N) is 1. The van der Waals surface area contributed by atoms with Crippen LogP contribution in [0.15, 0.2) is 35.5 Å². The lowest BCUT2D eigenvalue weighted by Crippen LogP contribution is -2.33. The number of imidazole rings is 1. The Balaban J connectivity index is 1.89. The van der Waals surface area contributed by atoms with Crippen LogP contribution in [0, 0.1) is 5.82 Å². The lowest BCUT2D eigenvalue weighted by Gasteiger charge is -2.26. The van der Waals surface area contributed by atoms with Gasteiger partial charge in [-0.3, -0.25) is 9.12 Å². The number of fused-ring (bicyclic) bond motifs is 1. The van der Waals surface area contributed by atoms with Crippen LogP contribution in [-0.2, 0) is 19.9 Å². The van der Waals surface area contributed by atoms with Crippen molar-refractivity contribution in [1.29, 1.82) is 0 Å². The van der Waals surface area contributed by atoms with Gasteiger partial charge in [0.25, 0.3) is 0 Å². The molecule has 1 saturated carbocycles. The first-order valence-electron chi connectivity index (χ1n) is 11.0. The van der Waals surface area contributed by atoms with Crippen LogP contribution in [0.5, 0.6) is 11.5 Å². The molecule has 2 aromatic heterocycles. The van der Waals surface area contributed by atoms with Gasteiger partial charge in [0.05, 0.1) is 41.8 Å². The molecule has 0 unspecified atom stereocenters. The van der Waals surface area contributed by atoms with Crippen molar-refractivity contribution in [2.45, 2.75) is 54.9 Å². The van der Waals surface area contributed by atoms with E-state index in [2.05, 4.69) is 9.71 Å². The fourth-order valence-corrected chi connectivity index (χ4v) is 6.72. The first kappa shape index (κ1) is 25.2. The minimum atomic E-state index is -3.80. The van der Waals surface area contributed by atoms with Gasteiger partial charge in [-0.2, -0.15) is 0 Å². The number of nitrogens with zero attached hydrogens (tertiary/aromatic N) is 2. The Morgan fingerprint density at radius 1 is 1.09 bits per heavy atom. The molecule has 1 N–H and O–H groups in total. The van der Waals surface area contributed by atoms with E-state index >= 15 is 4.39 Å². The second kappa shape index (κ2) is 8.66. The fourth-order valence-electron chi connectivity index (χ4n) is 3.83. The molecule has 0 radical (unpaired) electrons. The summed E-state index contributed by atoms with van der Waals surface area (Å²) >= 11 is 0. The van der Waals surface area contributed by atoms with Gasteiger partial charge in [-0.25, -0.2) is 26.2 Å². The molecule has 1 fully saturated rings. The molecule has 12 heteroatoms. The predicted octanol–water partition coefficient (Wildman–Crippen LogP) is 4.02. The van der Waals surface area contributed by atoms with Gasteiger partial charge in [0, 0.05) is 17.8 Å². The second-order valence-corrected chi connectivity index (χ2v) is 14.1. The maximum atomic E-state index is 15.0. The van der Waals surface area contributed by atoms with E-state index in [1.54, 1.807) is 20.8 Å². The molecule has 0 atom stereocenters. The van der Waals surface area contributed by atoms with Crippen molar-refractivity contribution >= 4 is 31.2 Å². The van der Waals surface area contributed by atoms with Crippen LogP contribution in [0.1, 0.15) is 40.0 Å². The van der Waals surface area contributed by atoms with E-state index in [0.717, 1.165) is 6.42 Å². The Labute approximate surface area is 204 Å². The number of benzene rings is 1. The molecule has 3 aromatic rings. The van der Waals surface area contributed by atoms with Gasteiger partial charge in [-0.05, 0) is 45.7 Å². The summed E-state index contributed by atoms with van der Waals surface area (Å²) < 4.78 is 80.2. The van der Waals surface area contributed by atoms with Gasteiger partial charge >= 0.3 is 0 Å². The lowest BCUT2D eigenvalue weighted by atomic mass is 10.0. The number of sulfone groups is 1. The molecule has 0 amide bonds. The highest BCUT2D eigenvalue weighted by molar-refractivity contribution is 7.93. The summed E-state index contributed by atoms with van der Waals surface area (Å²) in [5, 5.41) is -0.535. The smallest absolute Gasteiger partial charge is 0.235 e. The summed E-state index contributed by atoms with van der Waals surface area (Å²) in [6, 6.07) is 4.12. The van der Waals surface area contributed by atoms with E-state index < -0.39 is 35.7 Å². The zero-order valence-electron chi connectivity index (χ0n) is 20.1. The quantitative estimate of drug-likeness (QED) is 0.495. The highest BCUT2D eigenvalue weighted by atomic mass is 32.2. The number of methoxy groups -OCH3 is 2. The normalized spacial score (nSPS) is 15.1. The van der Waals surface area contributed by atoms with Crippen molar-refractivity contribution in [3.8, 4) is 22.8 Å². The van der Waals surface area contributed by atoms with E-state index in [-0.39, 0.29) is 27.6 Å². The maximum absolute atomic E-state index is 15.0. The molecule has 35 heavy (non-hydrogen) atoms. The van der Waals surface area contributed by atoms with Gasteiger partial charge in [-0.1, -0.05) is 6.42 Å². The van der Waals surface area contributed by atoms with Crippen molar-refractivity contribution in [2.24, 2.45) is 0 Å². The fraction of sp³-hybridized carbons (Fsp3) is 0.435. The van der Waals surface area contributed by atoms with Gasteiger partial charge in [0.1, 0.15) is 16.3 Å². The van der Waals surface area contributed by atoms with Gasteiger partial charge < -0.3 is 9.47 Å². The van der Waals surface area contributed by atoms with Crippen LogP contribution in [0.3, 0.4) is 0 Å². The van der Waals surface area contributed by atoms with E-state index in [1.165, 1.54) is 49.2 Å². The first-order chi connectivity index (χ1) is 16.3. The topological polar surface area (TPSA) is 116 Å². The summed E-state index contributed by atoms with van der Waals surface area (Å²) in [4.78, 5) is 4.27. The summed E-state index contributed by atoms with van der Waals surface area (Å²) in [6.45, 7) is 4.75. The highest BCUT2D eigenvalue weighted by Crippen LogP contribution is 2.38. The average Bonchev–Trinajstić information content (AvgIpc) is 3.12. The molecule has 2 heterocycles. The standard InChI is InChI=1S/C23H28FN3O6S2/c1-23(2,3)34(28,29)20-13-27-18(12-25-21(27)11-19(20)32-4)14-9-16(24)22(33-5)17(10-14)26-35(30,31)15-7-6-8-15/h9-13,15,26H,6-8H2,1-5H3. The molecule has 1 aliphatic carbocycles. The van der Waals surface area contributed by atoms with Crippen molar-refractivity contribution in [3.05, 3.63) is 36.4 Å². The first-order valence-corrected chi connectivity index (χ1v) is 14.0. The molecule has 0 spiro atoms. The molecule has 1 aliphatic rings. The largest absolute Gasteiger partial charge is 0.495 e. The molecule has 0 bridgehead atoms. The van der Waals surface area contributed by atoms with Crippen molar-refractivity contribution in [1.82, 2.24) is 9.38 Å². The van der Waals surface area contributed by atoms with Crippen molar-refractivity contribution in [2.75, 3.05) is 18.9 Å². The maximum Gasteiger partial charge on any atom is 0.235 e. The number of sulfonamides is 1. The monoisotopic (exact) mass is 525 g/mol. The van der Waals surface area contributed by atoms with Crippen LogP contribution in [-0.4, -0.2) is 50.4 Å². The third-order valence-corrected chi connectivity index (χ3v) is 10.5. The van der Waals surface area contributed by atoms with E-state index in [1.807, 2.05) is 0 Å². The number of hydrogen-bond acceptors (Lipinski definition) is 7. The molecule has 4 rings (SSSR count). The van der Waals surface area contributed by atoms with Gasteiger partial charge in [0.15, 0.2) is 21.4 Å². The van der Waals surface area contributed by atoms with Crippen molar-refractivity contribution in [3.63, 3.8) is 0 Å². The Morgan fingerprint density at radius 2 is 1.77 bits per heavy atom. The molecule has 0 aliphatic heterocycles. The molecule has 1 aromatic carbocycles. The lowest BCUT2D eigenvalue weighted by molar-refractivity contribution is 0.389. The van der Waals surface area contributed by atoms with Gasteiger partial charge in [-0.15, -0.1) is 0 Å². The number of rotatable bonds is 7. The summed E-state index contributed by atoms with van der Waals surface area (Å²) in [5.74, 6) is -0.870. The van der Waals surface area contributed by atoms with Crippen LogP contribution >= 0.6 is 0 Å². The summed E-state index contributed by atoms with van der Waals surface area (Å²) in [7, 11) is -4.90. The SMILES string of the molecule is COc1cc2ncc(-c3cc(F)c(OC)c(NS(=O)(=O)C4CCC4)c3)n2cc1S(=O)(=O)C(C)(C)C. The summed E-state index contributed by atoms with van der Waals surface area (Å²) in [6.07, 6.45) is 4.74. The van der Waals surface area contributed by atoms with Crippen LogP contribution in [0.25, 0.3) is 16.9 Å². The second-order valence-electron chi connectivity index (χ2n) is 9.43. The van der Waals surface area contributed by atoms with E-state index in [0.29, 0.717) is 24.2 Å². The number of halogens is 1. The minimum Gasteiger partial charge on any atom is -0.495 e. The average molecular weight is 526 g/mol. The Hall–Kier alpha value is -2.86. The Morgan fingerprint density at radius 3 is 2.31 bits per heavy atom. The number of anilines is 1. The minimum absolute atomic E-state index is 0.0413. The van der Waals surface area contributed by atoms with E-state index in [9.17, 15) is 16.8 Å². The van der Waals surface area contributed by atoms with Crippen LogP contribution < -0.4 is 14.2 Å². The highest BCUT2D eigenvalue weighted by Gasteiger charge is 2.35. The number of pyridine rings is 1. The predicted molar refractivity (Wildman–Crippen MR) is 131 cm³/mol. The van der Waals surface area contributed by atoms with Crippen molar-refractivity contribution < 1.29 is 30.7 Å². The number of ether oxygens (including phenoxy) is 2. The third-order valence-electron chi connectivity index (χ3n) is 6.18. The zero-order chi connectivity index (χ0) is 25.8. The summed E-state index contributed by atoms with van der Waals surface area (Å²) in [5.41, 5.74) is 0.975. The molecule has 190 valence electrons. The third kappa shape index (κ3) is 4.33. The number of hydrogen-bond donors (Lipinski definition) is 1. The van der Waals surface area contributed by atoms with Crippen LogP contribution in [0.2, 0.25) is 0 Å². The van der Waals surface area contributed by atoms with Crippen LogP contribution in [0.4, 0.5) is 10.1 Å². The number of aromatic nitrogens is 2. The molecular weight excluding hydrogens is 497 g/mol. The Kier molecular flexibility index (Phi) is 6.25. The van der Waals surface area contributed by atoms with E-state index in [4.69, 9.17) is 9.47 Å². The van der Waals surface area contributed by atoms with Gasteiger partial charge in [0.2, 0.25) is 10.0 Å².